The van der Waals surface area contributed by atoms with E-state index in [9.17, 15) is 9.90 Å². The van der Waals surface area contributed by atoms with E-state index in [4.69, 9.17) is 5.11 Å². The SMILES string of the molecule is CN(CC1(O)CCCC1)C(=O)c1ccc(C#CCO)cn1. The molecule has 2 N–H and O–H groups in total. The molecular weight excluding hydrogens is 268 g/mol. The van der Waals surface area contributed by atoms with E-state index in [0.29, 0.717) is 17.8 Å². The molecule has 0 radical (unpaired) electrons. The summed E-state index contributed by atoms with van der Waals surface area (Å²) < 4.78 is 0. The molecule has 112 valence electrons. The number of rotatable bonds is 3. The number of carbonyl (C=O) groups is 1. The van der Waals surface area contributed by atoms with Crippen LogP contribution in [0.4, 0.5) is 0 Å². The average Bonchev–Trinajstić information content (AvgIpc) is 2.91. The van der Waals surface area contributed by atoms with Crippen LogP contribution in [0.15, 0.2) is 18.3 Å². The van der Waals surface area contributed by atoms with Crippen molar-refractivity contribution in [3.8, 4) is 11.8 Å². The largest absolute Gasteiger partial charge is 0.388 e. The standard InChI is InChI=1S/C16H20N2O3/c1-18(12-16(21)8-2-3-9-16)15(20)14-7-6-13(11-17-14)5-4-10-19/h6-7,11,19,21H,2-3,8-10,12H2,1H3. The molecule has 0 spiro atoms. The van der Waals surface area contributed by atoms with Gasteiger partial charge < -0.3 is 15.1 Å². The Morgan fingerprint density at radius 3 is 2.71 bits per heavy atom. The molecule has 1 aliphatic carbocycles. The van der Waals surface area contributed by atoms with Gasteiger partial charge in [-0.05, 0) is 25.0 Å². The van der Waals surface area contributed by atoms with Gasteiger partial charge in [0.2, 0.25) is 0 Å². The highest BCUT2D eigenvalue weighted by molar-refractivity contribution is 5.92. The average molecular weight is 288 g/mol. The summed E-state index contributed by atoms with van der Waals surface area (Å²) in [5, 5.41) is 19.0. The second-order valence-electron chi connectivity index (χ2n) is 5.48. The van der Waals surface area contributed by atoms with E-state index >= 15 is 0 Å². The van der Waals surface area contributed by atoms with Crippen molar-refractivity contribution >= 4 is 5.91 Å². The highest BCUT2D eigenvalue weighted by Gasteiger charge is 2.33. The fraction of sp³-hybridized carbons (Fsp3) is 0.500. The lowest BCUT2D eigenvalue weighted by molar-refractivity contribution is 0.0155. The first-order valence-electron chi connectivity index (χ1n) is 7.08. The van der Waals surface area contributed by atoms with Crippen LogP contribution in [0.2, 0.25) is 0 Å². The first-order valence-corrected chi connectivity index (χ1v) is 7.08. The molecule has 0 bridgehead atoms. The number of likely N-dealkylation sites (N-methyl/N-ethyl adjacent to an activating group) is 1. The highest BCUT2D eigenvalue weighted by atomic mass is 16.3. The molecule has 2 rings (SSSR count). The number of carbonyl (C=O) groups excluding carboxylic acids is 1. The van der Waals surface area contributed by atoms with E-state index in [1.807, 2.05) is 0 Å². The van der Waals surface area contributed by atoms with Crippen molar-refractivity contribution < 1.29 is 15.0 Å². The summed E-state index contributed by atoms with van der Waals surface area (Å²) in [5.74, 6) is 5.04. The third kappa shape index (κ3) is 4.03. The first kappa shape index (κ1) is 15.5. The summed E-state index contributed by atoms with van der Waals surface area (Å²) in [6.45, 7) is 0.127. The van der Waals surface area contributed by atoms with Crippen molar-refractivity contribution in [3.05, 3.63) is 29.6 Å². The first-order chi connectivity index (χ1) is 10.0. The molecule has 1 heterocycles. The minimum atomic E-state index is -0.753. The third-order valence-electron chi connectivity index (χ3n) is 3.71. The van der Waals surface area contributed by atoms with Crippen molar-refractivity contribution in [1.82, 2.24) is 9.88 Å². The summed E-state index contributed by atoms with van der Waals surface area (Å²) in [5.41, 5.74) is 0.225. The lowest BCUT2D eigenvalue weighted by Crippen LogP contribution is -2.42. The van der Waals surface area contributed by atoms with Crippen LogP contribution in [0, 0.1) is 11.8 Å². The van der Waals surface area contributed by atoms with Crippen LogP contribution in [0.3, 0.4) is 0 Å². The fourth-order valence-corrected chi connectivity index (χ4v) is 2.64. The van der Waals surface area contributed by atoms with E-state index < -0.39 is 5.60 Å². The number of hydrogen-bond acceptors (Lipinski definition) is 4. The van der Waals surface area contributed by atoms with Gasteiger partial charge in [0.25, 0.3) is 5.91 Å². The second-order valence-corrected chi connectivity index (χ2v) is 5.48. The summed E-state index contributed by atoms with van der Waals surface area (Å²) in [6.07, 6.45) is 5.01. The molecule has 1 aromatic rings. The van der Waals surface area contributed by atoms with Gasteiger partial charge in [-0.25, -0.2) is 4.98 Å². The van der Waals surface area contributed by atoms with Crippen molar-refractivity contribution in [3.63, 3.8) is 0 Å². The zero-order valence-electron chi connectivity index (χ0n) is 12.2. The lowest BCUT2D eigenvalue weighted by Gasteiger charge is -2.28. The molecule has 0 atom stereocenters. The van der Waals surface area contributed by atoms with Gasteiger partial charge in [-0.15, -0.1) is 0 Å². The molecule has 1 saturated carbocycles. The molecule has 5 nitrogen and oxygen atoms in total. The van der Waals surface area contributed by atoms with E-state index in [0.717, 1.165) is 25.7 Å². The number of aromatic nitrogens is 1. The van der Waals surface area contributed by atoms with Crippen LogP contribution >= 0.6 is 0 Å². The normalized spacial score (nSPS) is 16.1. The predicted molar refractivity (Wildman–Crippen MR) is 78.6 cm³/mol. The second kappa shape index (κ2) is 6.70. The summed E-state index contributed by atoms with van der Waals surface area (Å²) >= 11 is 0. The maximum atomic E-state index is 12.3. The highest BCUT2D eigenvalue weighted by Crippen LogP contribution is 2.30. The number of aliphatic hydroxyl groups is 2. The lowest BCUT2D eigenvalue weighted by atomic mass is 10.0. The molecule has 0 aromatic carbocycles. The van der Waals surface area contributed by atoms with E-state index in [1.54, 1.807) is 19.2 Å². The molecule has 0 unspecified atom stereocenters. The Hall–Kier alpha value is -1.90. The van der Waals surface area contributed by atoms with E-state index in [1.165, 1.54) is 11.1 Å². The maximum absolute atomic E-state index is 12.3. The molecule has 21 heavy (non-hydrogen) atoms. The van der Waals surface area contributed by atoms with Crippen LogP contribution < -0.4 is 0 Å². The molecule has 1 fully saturated rings. The van der Waals surface area contributed by atoms with Crippen LogP contribution in [0.5, 0.6) is 0 Å². The topological polar surface area (TPSA) is 73.7 Å². The number of aliphatic hydroxyl groups excluding tert-OH is 1. The van der Waals surface area contributed by atoms with Gasteiger partial charge in [0.05, 0.1) is 5.60 Å². The minimum Gasteiger partial charge on any atom is -0.388 e. The molecule has 1 aromatic heterocycles. The molecule has 1 aliphatic rings. The molecule has 0 aliphatic heterocycles. The Morgan fingerprint density at radius 2 is 2.14 bits per heavy atom. The predicted octanol–water partition coefficient (Wildman–Crippen LogP) is 0.802. The summed E-state index contributed by atoms with van der Waals surface area (Å²) in [6, 6.07) is 3.31. The summed E-state index contributed by atoms with van der Waals surface area (Å²) in [4.78, 5) is 17.9. The Kier molecular flexibility index (Phi) is 4.94. The Morgan fingerprint density at radius 1 is 1.43 bits per heavy atom. The van der Waals surface area contributed by atoms with Gasteiger partial charge in [-0.3, -0.25) is 4.79 Å². The molecular formula is C16H20N2O3. The smallest absolute Gasteiger partial charge is 0.272 e. The van der Waals surface area contributed by atoms with Gasteiger partial charge in [-0.1, -0.05) is 24.7 Å². The maximum Gasteiger partial charge on any atom is 0.272 e. The number of nitrogens with zero attached hydrogens (tertiary/aromatic N) is 2. The number of hydrogen-bond donors (Lipinski definition) is 2. The van der Waals surface area contributed by atoms with Crippen LogP contribution in [0.25, 0.3) is 0 Å². The molecule has 0 saturated heterocycles. The molecule has 5 heteroatoms. The van der Waals surface area contributed by atoms with Gasteiger partial charge in [0.1, 0.15) is 12.3 Å². The minimum absolute atomic E-state index is 0.206. The Balaban J connectivity index is 2.01. The van der Waals surface area contributed by atoms with Crippen LogP contribution in [-0.4, -0.2) is 51.8 Å². The number of pyridine rings is 1. The van der Waals surface area contributed by atoms with Crippen LogP contribution in [-0.2, 0) is 0 Å². The Labute approximate surface area is 124 Å². The zero-order valence-corrected chi connectivity index (χ0v) is 12.2. The monoisotopic (exact) mass is 288 g/mol. The third-order valence-corrected chi connectivity index (χ3v) is 3.71. The quantitative estimate of drug-likeness (QED) is 0.807. The number of amides is 1. The molecule has 1 amide bonds. The van der Waals surface area contributed by atoms with Gasteiger partial charge in [0.15, 0.2) is 0 Å². The fourth-order valence-electron chi connectivity index (χ4n) is 2.64. The van der Waals surface area contributed by atoms with Crippen LogP contribution in [0.1, 0.15) is 41.7 Å². The van der Waals surface area contributed by atoms with E-state index in [-0.39, 0.29) is 12.5 Å². The van der Waals surface area contributed by atoms with Crippen molar-refractivity contribution in [2.45, 2.75) is 31.3 Å². The van der Waals surface area contributed by atoms with Gasteiger partial charge in [0, 0.05) is 25.4 Å². The van der Waals surface area contributed by atoms with Gasteiger partial charge >= 0.3 is 0 Å². The van der Waals surface area contributed by atoms with E-state index in [2.05, 4.69) is 16.8 Å². The zero-order chi connectivity index (χ0) is 15.3. The summed E-state index contributed by atoms with van der Waals surface area (Å²) in [7, 11) is 1.68. The Bertz CT molecular complexity index is 551. The van der Waals surface area contributed by atoms with Crippen molar-refractivity contribution in [2.24, 2.45) is 0 Å². The van der Waals surface area contributed by atoms with Crippen molar-refractivity contribution in [2.75, 3.05) is 20.2 Å². The van der Waals surface area contributed by atoms with Crippen molar-refractivity contribution in [1.29, 1.82) is 0 Å². The van der Waals surface area contributed by atoms with Gasteiger partial charge in [-0.2, -0.15) is 0 Å².